The van der Waals surface area contributed by atoms with Crippen molar-refractivity contribution >= 4 is 17.2 Å². The predicted octanol–water partition coefficient (Wildman–Crippen LogP) is 8.53. The lowest BCUT2D eigenvalue weighted by Crippen LogP contribution is -2.18. The lowest BCUT2D eigenvalue weighted by molar-refractivity contribution is -0.115. The van der Waals surface area contributed by atoms with E-state index in [1.54, 1.807) is 13.3 Å². The summed E-state index contributed by atoms with van der Waals surface area (Å²) in [7, 11) is 1.66. The van der Waals surface area contributed by atoms with E-state index in [4.69, 9.17) is 14.2 Å². The SMILES string of the molecule is CC(C)Cc1ccccc1.CC/C=C(\C=C1\C=CC=C(C(C=O)OCC)C1)Oc1ccnc2cc(C)c(OC)cc12. The first-order valence-electron chi connectivity index (χ1n) is 14.4. The minimum Gasteiger partial charge on any atom is -0.496 e. The summed E-state index contributed by atoms with van der Waals surface area (Å²) >= 11 is 0. The molecule has 0 radical (unpaired) electrons. The molecule has 5 nitrogen and oxygen atoms in total. The minimum atomic E-state index is -0.516. The Balaban J connectivity index is 0.000000389. The van der Waals surface area contributed by atoms with Crippen molar-refractivity contribution in [3.8, 4) is 11.5 Å². The average molecular weight is 554 g/mol. The van der Waals surface area contributed by atoms with Gasteiger partial charge in [0.25, 0.3) is 0 Å². The fourth-order valence-electron chi connectivity index (χ4n) is 4.64. The van der Waals surface area contributed by atoms with Crippen molar-refractivity contribution in [1.82, 2.24) is 4.98 Å². The maximum atomic E-state index is 11.4. The molecule has 4 rings (SSSR count). The number of nitrogens with zero attached hydrogens (tertiary/aromatic N) is 1. The van der Waals surface area contributed by atoms with Crippen LogP contribution >= 0.6 is 0 Å². The molecule has 0 amide bonds. The predicted molar refractivity (Wildman–Crippen MR) is 168 cm³/mol. The smallest absolute Gasteiger partial charge is 0.153 e. The number of hydrogen-bond donors (Lipinski definition) is 0. The number of methoxy groups -OCH3 is 1. The first kappa shape index (κ1) is 31.6. The molecule has 1 aromatic heterocycles. The third-order valence-corrected chi connectivity index (χ3v) is 6.53. The third-order valence-electron chi connectivity index (χ3n) is 6.53. The monoisotopic (exact) mass is 553 g/mol. The molecule has 0 saturated carbocycles. The first-order chi connectivity index (χ1) is 19.9. The first-order valence-corrected chi connectivity index (χ1v) is 14.4. The number of benzene rings is 2. The number of pyridine rings is 1. The molecular formula is C36H43NO4. The second-order valence-corrected chi connectivity index (χ2v) is 10.4. The number of carbonyl (C=O) groups is 1. The summed E-state index contributed by atoms with van der Waals surface area (Å²) in [6.45, 7) is 10.9. The van der Waals surface area contributed by atoms with Crippen LogP contribution in [-0.2, 0) is 16.0 Å². The highest BCUT2D eigenvalue weighted by atomic mass is 16.5. The van der Waals surface area contributed by atoms with Gasteiger partial charge in [0, 0.05) is 18.2 Å². The summed E-state index contributed by atoms with van der Waals surface area (Å²) in [6.07, 6.45) is 14.7. The quantitative estimate of drug-likeness (QED) is 0.176. The summed E-state index contributed by atoms with van der Waals surface area (Å²) in [4.78, 5) is 15.9. The lowest BCUT2D eigenvalue weighted by Gasteiger charge is -2.18. The van der Waals surface area contributed by atoms with Gasteiger partial charge < -0.3 is 19.0 Å². The summed E-state index contributed by atoms with van der Waals surface area (Å²) in [5, 5.41) is 0.891. The van der Waals surface area contributed by atoms with Crippen LogP contribution in [-0.4, -0.2) is 31.1 Å². The van der Waals surface area contributed by atoms with Crippen LogP contribution in [0.5, 0.6) is 11.5 Å². The molecule has 0 fully saturated rings. The molecule has 0 saturated heterocycles. The Morgan fingerprint density at radius 2 is 1.85 bits per heavy atom. The topological polar surface area (TPSA) is 57.7 Å². The van der Waals surface area contributed by atoms with Gasteiger partial charge in [-0.25, -0.2) is 0 Å². The van der Waals surface area contributed by atoms with Gasteiger partial charge in [0.2, 0.25) is 0 Å². The van der Waals surface area contributed by atoms with Crippen LogP contribution in [0.15, 0.2) is 102 Å². The number of allylic oxidation sites excluding steroid dienone is 6. The van der Waals surface area contributed by atoms with Crippen LogP contribution in [0, 0.1) is 12.8 Å². The average Bonchev–Trinajstić information content (AvgIpc) is 2.96. The number of aromatic nitrogens is 1. The van der Waals surface area contributed by atoms with Crippen molar-refractivity contribution < 1.29 is 19.0 Å². The van der Waals surface area contributed by atoms with Gasteiger partial charge in [-0.2, -0.15) is 0 Å². The molecule has 2 aromatic carbocycles. The lowest BCUT2D eigenvalue weighted by atomic mass is 9.95. The number of hydrogen-bond acceptors (Lipinski definition) is 5. The molecule has 0 N–H and O–H groups in total. The van der Waals surface area contributed by atoms with Gasteiger partial charge in [0.1, 0.15) is 23.4 Å². The number of aldehydes is 1. The van der Waals surface area contributed by atoms with E-state index < -0.39 is 6.10 Å². The van der Waals surface area contributed by atoms with Gasteiger partial charge in [-0.05, 0) is 91.7 Å². The molecule has 3 aromatic rings. The fraction of sp³-hybridized carbons (Fsp3) is 0.333. The second kappa shape index (κ2) is 16.3. The summed E-state index contributed by atoms with van der Waals surface area (Å²) in [5.74, 6) is 3.03. The normalized spacial score (nSPS) is 14.9. The van der Waals surface area contributed by atoms with Gasteiger partial charge >= 0.3 is 0 Å². The van der Waals surface area contributed by atoms with Crippen molar-refractivity contribution in [2.75, 3.05) is 13.7 Å². The molecule has 0 bridgehead atoms. The zero-order valence-corrected chi connectivity index (χ0v) is 25.2. The fourth-order valence-corrected chi connectivity index (χ4v) is 4.64. The highest BCUT2D eigenvalue weighted by molar-refractivity contribution is 5.87. The van der Waals surface area contributed by atoms with E-state index in [2.05, 4.69) is 56.1 Å². The van der Waals surface area contributed by atoms with Gasteiger partial charge in [-0.15, -0.1) is 0 Å². The van der Waals surface area contributed by atoms with E-state index >= 15 is 0 Å². The molecule has 5 heteroatoms. The minimum absolute atomic E-state index is 0.492. The molecule has 0 spiro atoms. The Kier molecular flexibility index (Phi) is 12.6. The van der Waals surface area contributed by atoms with Crippen molar-refractivity contribution in [2.24, 2.45) is 5.92 Å². The van der Waals surface area contributed by atoms with Gasteiger partial charge in [0.15, 0.2) is 6.29 Å². The van der Waals surface area contributed by atoms with Crippen molar-refractivity contribution in [3.63, 3.8) is 0 Å². The molecule has 1 aliphatic rings. The van der Waals surface area contributed by atoms with E-state index in [0.717, 1.165) is 63.5 Å². The van der Waals surface area contributed by atoms with Crippen LogP contribution in [0.1, 0.15) is 51.7 Å². The van der Waals surface area contributed by atoms with Crippen LogP contribution in [0.4, 0.5) is 0 Å². The zero-order chi connectivity index (χ0) is 29.6. The van der Waals surface area contributed by atoms with E-state index in [1.807, 2.05) is 62.4 Å². The number of ether oxygens (including phenoxy) is 3. The summed E-state index contributed by atoms with van der Waals surface area (Å²) < 4.78 is 17.3. The van der Waals surface area contributed by atoms with Gasteiger partial charge in [-0.3, -0.25) is 4.98 Å². The van der Waals surface area contributed by atoms with Crippen molar-refractivity contribution in [3.05, 3.63) is 113 Å². The standard InChI is InChI=1S/C26H29NO4.C10H14/c1-5-8-21(15-19-9-7-10-20(14-19)26(17-28)30-6-2)31-24-11-12-27-23-13-18(3)25(29-4)16-22(23)24;1-9(2)8-10-6-4-3-5-7-10/h7-13,15-17,26H,5-6,14H2,1-4H3;3-7,9H,8H2,1-2H3/b19-15-,21-8+;. The molecular weight excluding hydrogens is 510 g/mol. The van der Waals surface area contributed by atoms with Crippen molar-refractivity contribution in [1.29, 1.82) is 0 Å². The largest absolute Gasteiger partial charge is 0.496 e. The number of aryl methyl sites for hydroxylation is 1. The number of rotatable bonds is 11. The Morgan fingerprint density at radius 1 is 1.07 bits per heavy atom. The third kappa shape index (κ3) is 9.58. The van der Waals surface area contributed by atoms with Gasteiger partial charge in [0.05, 0.1) is 12.6 Å². The van der Waals surface area contributed by atoms with Gasteiger partial charge in [-0.1, -0.05) is 69.3 Å². The molecule has 1 aliphatic carbocycles. The molecule has 1 unspecified atom stereocenters. The van der Waals surface area contributed by atoms with Crippen molar-refractivity contribution in [2.45, 2.75) is 60.0 Å². The van der Waals surface area contributed by atoms with Crippen LogP contribution in [0.25, 0.3) is 10.9 Å². The Bertz CT molecular complexity index is 1400. The summed E-state index contributed by atoms with van der Waals surface area (Å²) in [5.41, 5.74) is 5.31. The number of fused-ring (bicyclic) bond motifs is 1. The van der Waals surface area contributed by atoms with Crippen LogP contribution in [0.3, 0.4) is 0 Å². The number of carbonyl (C=O) groups excluding carboxylic acids is 1. The van der Waals surface area contributed by atoms with Crippen LogP contribution < -0.4 is 9.47 Å². The summed E-state index contributed by atoms with van der Waals surface area (Å²) in [6, 6.07) is 16.4. The highest BCUT2D eigenvalue weighted by Crippen LogP contribution is 2.32. The van der Waals surface area contributed by atoms with E-state index in [-0.39, 0.29) is 0 Å². The molecule has 1 atom stereocenters. The molecule has 1 heterocycles. The molecule has 0 aliphatic heterocycles. The maximum absolute atomic E-state index is 11.4. The molecule has 41 heavy (non-hydrogen) atoms. The maximum Gasteiger partial charge on any atom is 0.153 e. The van der Waals surface area contributed by atoms with E-state index in [9.17, 15) is 4.79 Å². The van der Waals surface area contributed by atoms with Crippen LogP contribution in [0.2, 0.25) is 0 Å². The molecule has 216 valence electrons. The van der Waals surface area contributed by atoms with E-state index in [1.165, 1.54) is 12.0 Å². The second-order valence-electron chi connectivity index (χ2n) is 10.4. The zero-order valence-electron chi connectivity index (χ0n) is 25.2. The Morgan fingerprint density at radius 3 is 2.51 bits per heavy atom. The van der Waals surface area contributed by atoms with E-state index in [0.29, 0.717) is 13.0 Å². The highest BCUT2D eigenvalue weighted by Gasteiger charge is 2.17. The Hall–Kier alpha value is -3.96. The Labute approximate surface area is 245 Å².